The molecule has 9 atom stereocenters. The van der Waals surface area contributed by atoms with E-state index in [0.717, 1.165) is 29.1 Å². The van der Waals surface area contributed by atoms with Gasteiger partial charge in [0, 0.05) is 6.04 Å². The van der Waals surface area contributed by atoms with Crippen LogP contribution in [-0.2, 0) is 0 Å². The molecule has 2 heteroatoms. The Hall–Kier alpha value is -0.0800. The van der Waals surface area contributed by atoms with E-state index in [-0.39, 0.29) is 6.04 Å². The van der Waals surface area contributed by atoms with Crippen molar-refractivity contribution in [2.45, 2.75) is 59.4 Å². The summed E-state index contributed by atoms with van der Waals surface area (Å²) in [6.45, 7) is 9.38. The summed E-state index contributed by atoms with van der Waals surface area (Å²) in [5, 5.41) is 9.01. The third-order valence-electron chi connectivity index (χ3n) is 7.92. The highest BCUT2D eigenvalue weighted by molar-refractivity contribution is 5.27. The highest BCUT2D eigenvalue weighted by atomic mass is 16.5. The SMILES string of the molecule is CC(CCC(C)C1C2C(C3C4CC43)CC12C)C(C)NO. The van der Waals surface area contributed by atoms with Crippen LogP contribution in [0.2, 0.25) is 0 Å². The van der Waals surface area contributed by atoms with Crippen LogP contribution in [0.15, 0.2) is 0 Å². The number of hydroxylamine groups is 1. The molecular weight excluding hydrogens is 246 g/mol. The van der Waals surface area contributed by atoms with Crippen LogP contribution in [0, 0.1) is 52.8 Å². The molecule has 0 aromatic carbocycles. The second-order valence-electron chi connectivity index (χ2n) is 9.02. The molecule has 4 rings (SSSR count). The molecule has 0 bridgehead atoms. The minimum atomic E-state index is 0.222. The number of rotatable bonds is 7. The predicted octanol–water partition coefficient (Wildman–Crippen LogP) is 3.94. The predicted molar refractivity (Wildman–Crippen MR) is 80.2 cm³/mol. The van der Waals surface area contributed by atoms with Gasteiger partial charge in [-0.15, -0.1) is 0 Å². The number of fused-ring (bicyclic) bond motifs is 2. The van der Waals surface area contributed by atoms with E-state index >= 15 is 0 Å². The van der Waals surface area contributed by atoms with Crippen LogP contribution in [0.25, 0.3) is 0 Å². The van der Waals surface area contributed by atoms with E-state index in [1.807, 2.05) is 0 Å². The summed E-state index contributed by atoms with van der Waals surface area (Å²) in [5.41, 5.74) is 3.15. The largest absolute Gasteiger partial charge is 0.317 e. The zero-order valence-corrected chi connectivity index (χ0v) is 13.5. The van der Waals surface area contributed by atoms with Gasteiger partial charge in [-0.2, -0.15) is 0 Å². The Bertz CT molecular complexity index is 402. The minimum Gasteiger partial charge on any atom is -0.317 e. The molecule has 4 fully saturated rings. The molecule has 0 aliphatic heterocycles. The van der Waals surface area contributed by atoms with Gasteiger partial charge in [-0.3, -0.25) is 0 Å². The zero-order chi connectivity index (χ0) is 14.2. The Labute approximate surface area is 123 Å². The molecule has 4 saturated carbocycles. The second-order valence-corrected chi connectivity index (χ2v) is 9.02. The highest BCUT2D eigenvalue weighted by Crippen LogP contribution is 2.85. The molecule has 4 aliphatic rings. The molecule has 0 aromatic heterocycles. The summed E-state index contributed by atoms with van der Waals surface area (Å²) in [4.78, 5) is 0. The molecule has 20 heavy (non-hydrogen) atoms. The molecule has 0 amide bonds. The first kappa shape index (κ1) is 13.6. The van der Waals surface area contributed by atoms with Gasteiger partial charge in [-0.1, -0.05) is 27.2 Å². The van der Waals surface area contributed by atoms with Crippen LogP contribution in [0.5, 0.6) is 0 Å². The summed E-state index contributed by atoms with van der Waals surface area (Å²) in [7, 11) is 0. The Morgan fingerprint density at radius 2 is 1.85 bits per heavy atom. The van der Waals surface area contributed by atoms with Crippen molar-refractivity contribution in [2.75, 3.05) is 0 Å². The highest BCUT2D eigenvalue weighted by Gasteiger charge is 2.80. The van der Waals surface area contributed by atoms with E-state index in [1.54, 1.807) is 12.8 Å². The lowest BCUT2D eigenvalue weighted by Gasteiger charge is -2.34. The quantitative estimate of drug-likeness (QED) is 0.691. The minimum absolute atomic E-state index is 0.222. The lowest BCUT2D eigenvalue weighted by molar-refractivity contribution is 0.104. The lowest BCUT2D eigenvalue weighted by Crippen LogP contribution is -2.29. The Kier molecular flexibility index (Phi) is 2.87. The summed E-state index contributed by atoms with van der Waals surface area (Å²) in [6, 6.07) is 0.222. The van der Waals surface area contributed by atoms with E-state index < -0.39 is 0 Å². The average molecular weight is 277 g/mol. The van der Waals surface area contributed by atoms with Crippen molar-refractivity contribution in [1.82, 2.24) is 5.48 Å². The standard InChI is InChI=1S/C18H31NO/c1-9(11(3)19-20)5-6-10(2)16-17-14(8-18(16,17)4)15-12-7-13(12)15/h9-17,19-20H,5-8H2,1-4H3. The van der Waals surface area contributed by atoms with Crippen molar-refractivity contribution < 1.29 is 5.21 Å². The van der Waals surface area contributed by atoms with Crippen LogP contribution < -0.4 is 5.48 Å². The molecule has 0 aromatic rings. The van der Waals surface area contributed by atoms with E-state index in [2.05, 4.69) is 33.2 Å². The second kappa shape index (κ2) is 4.23. The van der Waals surface area contributed by atoms with Gasteiger partial charge in [0.05, 0.1) is 0 Å². The fourth-order valence-corrected chi connectivity index (χ4v) is 6.07. The topological polar surface area (TPSA) is 32.3 Å². The molecule has 2 N–H and O–H groups in total. The van der Waals surface area contributed by atoms with Crippen molar-refractivity contribution in [3.63, 3.8) is 0 Å². The molecular formula is C18H31NO. The Morgan fingerprint density at radius 1 is 1.15 bits per heavy atom. The summed E-state index contributed by atoms with van der Waals surface area (Å²) >= 11 is 0. The molecule has 0 heterocycles. The van der Waals surface area contributed by atoms with E-state index in [0.29, 0.717) is 5.92 Å². The fourth-order valence-electron chi connectivity index (χ4n) is 6.07. The first-order valence-electron chi connectivity index (χ1n) is 8.88. The molecule has 2 nitrogen and oxygen atoms in total. The lowest BCUT2D eigenvalue weighted by atomic mass is 9.71. The van der Waals surface area contributed by atoms with Crippen molar-refractivity contribution in [2.24, 2.45) is 52.8 Å². The van der Waals surface area contributed by atoms with Gasteiger partial charge in [0.1, 0.15) is 0 Å². The molecule has 9 unspecified atom stereocenters. The number of nitrogens with one attached hydrogen (secondary N) is 1. The number of hydrogen-bond donors (Lipinski definition) is 2. The zero-order valence-electron chi connectivity index (χ0n) is 13.5. The van der Waals surface area contributed by atoms with Crippen molar-refractivity contribution in [3.05, 3.63) is 0 Å². The van der Waals surface area contributed by atoms with Gasteiger partial charge in [0.15, 0.2) is 0 Å². The fraction of sp³-hybridized carbons (Fsp3) is 1.00. The number of hydrogen-bond acceptors (Lipinski definition) is 2. The summed E-state index contributed by atoms with van der Waals surface area (Å²) in [6.07, 6.45) is 5.71. The van der Waals surface area contributed by atoms with Crippen LogP contribution in [0.4, 0.5) is 0 Å². The van der Waals surface area contributed by atoms with E-state index in [9.17, 15) is 0 Å². The van der Waals surface area contributed by atoms with Gasteiger partial charge in [0.2, 0.25) is 0 Å². The van der Waals surface area contributed by atoms with Crippen LogP contribution in [-0.4, -0.2) is 11.2 Å². The monoisotopic (exact) mass is 277 g/mol. The van der Waals surface area contributed by atoms with Crippen molar-refractivity contribution in [1.29, 1.82) is 0 Å². The van der Waals surface area contributed by atoms with Crippen LogP contribution in [0.3, 0.4) is 0 Å². The molecule has 0 radical (unpaired) electrons. The Morgan fingerprint density at radius 3 is 2.40 bits per heavy atom. The smallest absolute Gasteiger partial charge is 0.0317 e. The maximum atomic E-state index is 9.01. The molecule has 114 valence electrons. The van der Waals surface area contributed by atoms with Crippen molar-refractivity contribution >= 4 is 0 Å². The van der Waals surface area contributed by atoms with E-state index in [1.165, 1.54) is 30.6 Å². The third kappa shape index (κ3) is 1.76. The van der Waals surface area contributed by atoms with Crippen molar-refractivity contribution in [3.8, 4) is 0 Å². The molecule has 0 spiro atoms. The van der Waals surface area contributed by atoms with Crippen LogP contribution in [0.1, 0.15) is 53.4 Å². The van der Waals surface area contributed by atoms with Gasteiger partial charge in [-0.05, 0) is 78.9 Å². The first-order valence-corrected chi connectivity index (χ1v) is 8.88. The normalized spacial score (nSPS) is 55.0. The summed E-state index contributed by atoms with van der Waals surface area (Å²) < 4.78 is 0. The Balaban J connectivity index is 1.26. The van der Waals surface area contributed by atoms with Gasteiger partial charge < -0.3 is 5.21 Å². The maximum Gasteiger partial charge on any atom is 0.0317 e. The maximum absolute atomic E-state index is 9.01. The third-order valence-corrected chi connectivity index (χ3v) is 7.92. The average Bonchev–Trinajstić information content (AvgIpc) is 3.31. The van der Waals surface area contributed by atoms with Gasteiger partial charge in [-0.25, -0.2) is 5.48 Å². The molecule has 4 aliphatic carbocycles. The molecule has 0 saturated heterocycles. The first-order chi connectivity index (χ1) is 9.49. The summed E-state index contributed by atoms with van der Waals surface area (Å²) in [5.74, 6) is 8.28. The van der Waals surface area contributed by atoms with Gasteiger partial charge >= 0.3 is 0 Å². The van der Waals surface area contributed by atoms with Crippen LogP contribution >= 0.6 is 0 Å². The van der Waals surface area contributed by atoms with Gasteiger partial charge in [0.25, 0.3) is 0 Å². The van der Waals surface area contributed by atoms with E-state index in [4.69, 9.17) is 5.21 Å².